The van der Waals surface area contributed by atoms with Crippen LogP contribution in [0.1, 0.15) is 53.7 Å². The Bertz CT molecular complexity index is 1090. The van der Waals surface area contributed by atoms with Crippen molar-refractivity contribution < 1.29 is 27.9 Å². The van der Waals surface area contributed by atoms with Crippen molar-refractivity contribution in [1.82, 2.24) is 20.5 Å². The van der Waals surface area contributed by atoms with Crippen LogP contribution in [0.15, 0.2) is 47.1 Å². The number of nitrogens with zero attached hydrogens (tertiary/aromatic N) is 2. The number of amides is 2. The van der Waals surface area contributed by atoms with Gasteiger partial charge in [-0.1, -0.05) is 6.07 Å². The molecule has 1 aliphatic carbocycles. The van der Waals surface area contributed by atoms with Gasteiger partial charge in [-0.25, -0.2) is 0 Å². The van der Waals surface area contributed by atoms with Crippen molar-refractivity contribution in [3.63, 3.8) is 0 Å². The quantitative estimate of drug-likeness (QED) is 0.495. The van der Waals surface area contributed by atoms with Gasteiger partial charge in [0.15, 0.2) is 0 Å². The van der Waals surface area contributed by atoms with Crippen molar-refractivity contribution in [2.75, 3.05) is 19.6 Å². The summed E-state index contributed by atoms with van der Waals surface area (Å²) in [5.41, 5.74) is -1.32. The molecule has 2 fully saturated rings. The maximum absolute atomic E-state index is 12.9. The first-order valence-electron chi connectivity index (χ1n) is 11.9. The van der Waals surface area contributed by atoms with E-state index in [0.29, 0.717) is 31.6 Å². The third-order valence-corrected chi connectivity index (χ3v) is 7.35. The summed E-state index contributed by atoms with van der Waals surface area (Å²) >= 11 is 3.36. The molecule has 1 aromatic heterocycles. The van der Waals surface area contributed by atoms with Gasteiger partial charge in [0.1, 0.15) is 5.60 Å². The fraction of sp³-hybridized carbons (Fsp3) is 0.480. The maximum Gasteiger partial charge on any atom is 0.416 e. The first kappa shape index (κ1) is 26.6. The van der Waals surface area contributed by atoms with Crippen LogP contribution < -0.4 is 10.6 Å². The van der Waals surface area contributed by atoms with Crippen LogP contribution in [-0.4, -0.2) is 58.5 Å². The van der Waals surface area contributed by atoms with Crippen LogP contribution in [0.3, 0.4) is 0 Å². The summed E-state index contributed by atoms with van der Waals surface area (Å²) in [6, 6.07) is 8.15. The Hall–Kier alpha value is -2.50. The second-order valence-corrected chi connectivity index (χ2v) is 10.3. The van der Waals surface area contributed by atoms with Gasteiger partial charge < -0.3 is 20.6 Å². The van der Waals surface area contributed by atoms with Crippen LogP contribution in [0.5, 0.6) is 0 Å². The summed E-state index contributed by atoms with van der Waals surface area (Å²) in [7, 11) is 0. The van der Waals surface area contributed by atoms with Gasteiger partial charge >= 0.3 is 6.18 Å². The largest absolute Gasteiger partial charge is 0.416 e. The lowest BCUT2D eigenvalue weighted by molar-refractivity contribution is -0.137. The summed E-state index contributed by atoms with van der Waals surface area (Å²) in [4.78, 5) is 30.8. The van der Waals surface area contributed by atoms with E-state index in [-0.39, 0.29) is 30.1 Å². The van der Waals surface area contributed by atoms with Crippen LogP contribution in [0.25, 0.3) is 0 Å². The number of nitrogens with one attached hydrogen (secondary N) is 2. The average molecular weight is 569 g/mol. The first-order valence-corrected chi connectivity index (χ1v) is 12.7. The van der Waals surface area contributed by atoms with Crippen molar-refractivity contribution >= 4 is 27.7 Å². The lowest BCUT2D eigenvalue weighted by Crippen LogP contribution is -2.46. The van der Waals surface area contributed by atoms with Crippen LogP contribution in [-0.2, 0) is 16.6 Å². The lowest BCUT2D eigenvalue weighted by Gasteiger charge is -2.37. The van der Waals surface area contributed by atoms with Crippen LogP contribution in [0.4, 0.5) is 13.2 Å². The van der Waals surface area contributed by atoms with Gasteiger partial charge in [-0.15, -0.1) is 0 Å². The molecule has 11 heteroatoms. The van der Waals surface area contributed by atoms with Crippen molar-refractivity contribution in [2.24, 2.45) is 0 Å². The number of pyridine rings is 1. The molecular weight excluding hydrogens is 541 g/mol. The Morgan fingerprint density at radius 2 is 1.89 bits per heavy atom. The molecular formula is C25H28BrF3N4O3. The molecule has 194 valence electrons. The SMILES string of the molecule is O=C(NCC(=O)N1CC[C@H](NC2CCC(O)(c3ccc(Br)cn3)CC2)C1)c1cccc(C(F)(F)F)c1. The molecule has 3 N–H and O–H groups in total. The predicted octanol–water partition coefficient (Wildman–Crippen LogP) is 3.61. The number of carbonyl (C=O) groups is 2. The maximum atomic E-state index is 12.9. The molecule has 2 aromatic rings. The monoisotopic (exact) mass is 568 g/mol. The zero-order chi connectivity index (χ0) is 25.9. The van der Waals surface area contributed by atoms with E-state index in [4.69, 9.17) is 0 Å². The van der Waals surface area contributed by atoms with Crippen molar-refractivity contribution in [3.05, 3.63) is 63.9 Å². The van der Waals surface area contributed by atoms with E-state index in [0.717, 1.165) is 41.9 Å². The van der Waals surface area contributed by atoms with Gasteiger partial charge in [-0.2, -0.15) is 13.2 Å². The molecule has 2 amide bonds. The number of benzene rings is 1. The number of halogens is 4. The van der Waals surface area contributed by atoms with Crippen LogP contribution >= 0.6 is 15.9 Å². The summed E-state index contributed by atoms with van der Waals surface area (Å²) in [6.45, 7) is 0.751. The molecule has 1 atom stereocenters. The Kier molecular flexibility index (Phi) is 8.01. The molecule has 0 bridgehead atoms. The smallest absolute Gasteiger partial charge is 0.384 e. The standard InChI is InChI=1S/C25H28BrF3N4O3/c26-18-4-5-21(30-13-18)24(36)9-6-19(7-10-24)32-20-8-11-33(15-20)22(34)14-31-23(35)16-2-1-3-17(12-16)25(27,28)29/h1-5,12-13,19-20,32,36H,6-11,14-15H2,(H,31,35)/t19?,20-,24?/m0/s1. The number of hydrogen-bond acceptors (Lipinski definition) is 5. The Morgan fingerprint density at radius 3 is 2.56 bits per heavy atom. The van der Waals surface area contributed by atoms with E-state index in [2.05, 4.69) is 31.5 Å². The van der Waals surface area contributed by atoms with Gasteiger partial charge in [-0.3, -0.25) is 14.6 Å². The summed E-state index contributed by atoms with van der Waals surface area (Å²) in [5.74, 6) is -1.00. The fourth-order valence-electron chi connectivity index (χ4n) is 4.83. The van der Waals surface area contributed by atoms with Crippen molar-refractivity contribution in [2.45, 2.75) is 56.0 Å². The third-order valence-electron chi connectivity index (χ3n) is 6.88. The normalized spacial score (nSPS) is 24.5. The molecule has 36 heavy (non-hydrogen) atoms. The molecule has 1 saturated heterocycles. The zero-order valence-corrected chi connectivity index (χ0v) is 21.1. The van der Waals surface area contributed by atoms with Gasteiger partial charge in [-0.05, 0) is 78.4 Å². The third kappa shape index (κ3) is 6.43. The van der Waals surface area contributed by atoms with Crippen molar-refractivity contribution in [1.29, 1.82) is 0 Å². The average Bonchev–Trinajstić information content (AvgIpc) is 3.32. The molecule has 1 saturated carbocycles. The highest BCUT2D eigenvalue weighted by Crippen LogP contribution is 2.36. The highest BCUT2D eigenvalue weighted by atomic mass is 79.9. The van der Waals surface area contributed by atoms with E-state index < -0.39 is 23.2 Å². The molecule has 4 rings (SSSR count). The molecule has 2 aliphatic rings. The van der Waals surface area contributed by atoms with Gasteiger partial charge in [0.25, 0.3) is 5.91 Å². The molecule has 0 radical (unpaired) electrons. The number of rotatable bonds is 6. The van der Waals surface area contributed by atoms with Gasteiger partial charge in [0.05, 0.1) is 17.8 Å². The highest BCUT2D eigenvalue weighted by molar-refractivity contribution is 9.10. The Balaban J connectivity index is 1.21. The van der Waals surface area contributed by atoms with Gasteiger partial charge in [0.2, 0.25) is 5.91 Å². The molecule has 0 unspecified atom stereocenters. The molecule has 1 aromatic carbocycles. The number of aromatic nitrogens is 1. The minimum Gasteiger partial charge on any atom is -0.384 e. The second-order valence-electron chi connectivity index (χ2n) is 9.42. The van der Waals surface area contributed by atoms with Crippen molar-refractivity contribution in [3.8, 4) is 0 Å². The number of hydrogen-bond donors (Lipinski definition) is 3. The molecule has 1 aliphatic heterocycles. The zero-order valence-electron chi connectivity index (χ0n) is 19.5. The Labute approximate surface area is 215 Å². The van der Waals surface area contributed by atoms with E-state index in [1.54, 1.807) is 11.1 Å². The minimum atomic E-state index is -4.55. The molecule has 0 spiro atoms. The number of aliphatic hydroxyl groups is 1. The second kappa shape index (κ2) is 10.9. The van der Waals surface area contributed by atoms with Gasteiger partial charge in [0, 0.05) is 41.4 Å². The number of likely N-dealkylation sites (tertiary alicyclic amines) is 1. The number of carbonyl (C=O) groups excluding carboxylic acids is 2. The summed E-state index contributed by atoms with van der Waals surface area (Å²) < 4.78 is 39.5. The lowest BCUT2D eigenvalue weighted by atomic mass is 9.79. The fourth-order valence-corrected chi connectivity index (χ4v) is 5.07. The predicted molar refractivity (Wildman–Crippen MR) is 130 cm³/mol. The molecule has 2 heterocycles. The highest BCUT2D eigenvalue weighted by Gasteiger charge is 2.37. The number of alkyl halides is 3. The minimum absolute atomic E-state index is 0.107. The topological polar surface area (TPSA) is 94.6 Å². The van der Waals surface area contributed by atoms with E-state index in [9.17, 15) is 27.9 Å². The summed E-state index contributed by atoms with van der Waals surface area (Å²) in [6.07, 6.45) is 0.659. The van der Waals surface area contributed by atoms with E-state index in [1.165, 1.54) is 6.07 Å². The van der Waals surface area contributed by atoms with Crippen LogP contribution in [0.2, 0.25) is 0 Å². The molecule has 7 nitrogen and oxygen atoms in total. The van der Waals surface area contributed by atoms with E-state index >= 15 is 0 Å². The summed E-state index contributed by atoms with van der Waals surface area (Å²) in [5, 5.41) is 17.0. The van der Waals surface area contributed by atoms with Crippen LogP contribution in [0, 0.1) is 0 Å². The first-order chi connectivity index (χ1) is 17.0. The van der Waals surface area contributed by atoms with E-state index in [1.807, 2.05) is 12.1 Å². The Morgan fingerprint density at radius 1 is 1.14 bits per heavy atom.